The number of rotatable bonds is 7. The van der Waals surface area contributed by atoms with E-state index >= 15 is 0 Å². The summed E-state index contributed by atoms with van der Waals surface area (Å²) in [5.41, 5.74) is 2.89. The van der Waals surface area contributed by atoms with Crippen molar-refractivity contribution in [3.05, 3.63) is 65.5 Å². The van der Waals surface area contributed by atoms with Crippen LogP contribution in [0.3, 0.4) is 0 Å². The fourth-order valence-electron chi connectivity index (χ4n) is 5.86. The van der Waals surface area contributed by atoms with Crippen LogP contribution in [0.4, 0.5) is 17.1 Å². The van der Waals surface area contributed by atoms with Gasteiger partial charge in [0.1, 0.15) is 0 Å². The van der Waals surface area contributed by atoms with Crippen molar-refractivity contribution in [3.8, 4) is 0 Å². The number of likely N-dealkylation sites (N-methyl/N-ethyl adjacent to an activating group) is 1. The lowest BCUT2D eigenvalue weighted by Crippen LogP contribution is -2.40. The first kappa shape index (κ1) is 25.8. The van der Waals surface area contributed by atoms with E-state index in [1.165, 1.54) is 6.42 Å². The molecule has 1 heterocycles. The number of carbonyl (C=O) groups excluding carboxylic acids is 2. The van der Waals surface area contributed by atoms with Crippen LogP contribution in [-0.4, -0.2) is 31.4 Å². The van der Waals surface area contributed by atoms with E-state index in [0.717, 1.165) is 62.9 Å². The van der Waals surface area contributed by atoms with Gasteiger partial charge >= 0.3 is 0 Å². The first-order valence-electron chi connectivity index (χ1n) is 13.4. The standard InChI is InChI=1S/C30H38N4O2/c1-4-32-28(35)27(22-11-7-5-8-12-22)23-15-19-34(20-16-23)26-14-13-24(21-25(26)31-3)33-29(36)30(2)17-9-6-10-18-30/h5,7-8,11-14,21,23,27H,4,6,9-10,15-20H2,1-2H3,(H,32,35)(H,33,36). The highest BCUT2D eigenvalue weighted by molar-refractivity contribution is 5.96. The third kappa shape index (κ3) is 5.73. The zero-order chi connectivity index (χ0) is 25.5. The number of benzene rings is 2. The van der Waals surface area contributed by atoms with Crippen molar-refractivity contribution in [2.24, 2.45) is 11.3 Å². The molecule has 1 saturated heterocycles. The first-order valence-corrected chi connectivity index (χ1v) is 13.4. The highest BCUT2D eigenvalue weighted by atomic mass is 16.2. The molecule has 1 saturated carbocycles. The van der Waals surface area contributed by atoms with E-state index in [1.54, 1.807) is 6.07 Å². The lowest BCUT2D eigenvalue weighted by atomic mass is 9.75. The molecule has 1 unspecified atom stereocenters. The van der Waals surface area contributed by atoms with Crippen LogP contribution in [0.25, 0.3) is 4.85 Å². The molecule has 1 atom stereocenters. The molecule has 2 amide bonds. The minimum Gasteiger partial charge on any atom is -0.380 e. The molecule has 0 bridgehead atoms. The molecule has 0 radical (unpaired) electrons. The van der Waals surface area contributed by atoms with Gasteiger partial charge in [-0.25, -0.2) is 4.85 Å². The number of piperidine rings is 1. The van der Waals surface area contributed by atoms with Crippen molar-refractivity contribution in [1.82, 2.24) is 5.32 Å². The van der Waals surface area contributed by atoms with Gasteiger partial charge in [-0.1, -0.05) is 56.5 Å². The van der Waals surface area contributed by atoms with Crippen LogP contribution in [0.15, 0.2) is 48.5 Å². The van der Waals surface area contributed by atoms with E-state index in [0.29, 0.717) is 17.9 Å². The summed E-state index contributed by atoms with van der Waals surface area (Å²) in [6.07, 6.45) is 6.99. The van der Waals surface area contributed by atoms with Crippen molar-refractivity contribution in [2.75, 3.05) is 29.9 Å². The SMILES string of the molecule is [C-]#[N+]c1cc(NC(=O)C2(C)CCCCC2)ccc1N1CCC(C(C(=O)NCC)c2ccccc2)CC1. The quantitative estimate of drug-likeness (QED) is 0.453. The summed E-state index contributed by atoms with van der Waals surface area (Å²) in [6, 6.07) is 15.7. The summed E-state index contributed by atoms with van der Waals surface area (Å²) >= 11 is 0. The molecule has 2 N–H and O–H groups in total. The molecule has 1 aliphatic carbocycles. The number of anilines is 2. The monoisotopic (exact) mass is 486 g/mol. The number of amides is 2. The van der Waals surface area contributed by atoms with Crippen molar-refractivity contribution in [3.63, 3.8) is 0 Å². The van der Waals surface area contributed by atoms with Crippen LogP contribution >= 0.6 is 0 Å². The maximum atomic E-state index is 13.0. The summed E-state index contributed by atoms with van der Waals surface area (Å²) in [5, 5.41) is 6.10. The molecule has 2 aromatic rings. The topological polar surface area (TPSA) is 65.8 Å². The second-order valence-corrected chi connectivity index (χ2v) is 10.5. The number of carbonyl (C=O) groups is 2. The second-order valence-electron chi connectivity index (χ2n) is 10.5. The van der Waals surface area contributed by atoms with Crippen molar-refractivity contribution in [2.45, 2.75) is 64.7 Å². The highest BCUT2D eigenvalue weighted by Crippen LogP contribution is 2.40. The molecule has 0 aromatic heterocycles. The zero-order valence-electron chi connectivity index (χ0n) is 21.6. The largest absolute Gasteiger partial charge is 0.380 e. The van der Waals surface area contributed by atoms with E-state index in [2.05, 4.69) is 27.3 Å². The summed E-state index contributed by atoms with van der Waals surface area (Å²) in [4.78, 5) is 32.0. The highest BCUT2D eigenvalue weighted by Gasteiger charge is 2.35. The summed E-state index contributed by atoms with van der Waals surface area (Å²) in [6.45, 7) is 14.0. The Hall–Kier alpha value is -3.33. The van der Waals surface area contributed by atoms with Gasteiger partial charge in [0.2, 0.25) is 17.5 Å². The molecule has 0 spiro atoms. The molecule has 6 nitrogen and oxygen atoms in total. The Labute approximate surface area is 215 Å². The van der Waals surface area contributed by atoms with Gasteiger partial charge < -0.3 is 15.5 Å². The third-order valence-electron chi connectivity index (χ3n) is 8.00. The van der Waals surface area contributed by atoms with Gasteiger partial charge in [0.05, 0.1) is 12.5 Å². The fraction of sp³-hybridized carbons (Fsp3) is 0.500. The van der Waals surface area contributed by atoms with E-state index in [1.807, 2.05) is 49.4 Å². The molecule has 1 aliphatic heterocycles. The fourth-order valence-corrected chi connectivity index (χ4v) is 5.86. The van der Waals surface area contributed by atoms with Crippen molar-refractivity contribution in [1.29, 1.82) is 0 Å². The first-order chi connectivity index (χ1) is 17.4. The number of hydrogen-bond acceptors (Lipinski definition) is 3. The van der Waals surface area contributed by atoms with Gasteiger partial charge in [0.15, 0.2) is 0 Å². The van der Waals surface area contributed by atoms with Crippen molar-refractivity contribution >= 4 is 28.9 Å². The lowest BCUT2D eigenvalue weighted by molar-refractivity contribution is -0.126. The molecule has 4 rings (SSSR count). The van der Waals surface area contributed by atoms with E-state index in [-0.39, 0.29) is 29.1 Å². The minimum atomic E-state index is -0.323. The van der Waals surface area contributed by atoms with Crippen LogP contribution in [0, 0.1) is 17.9 Å². The van der Waals surface area contributed by atoms with E-state index in [4.69, 9.17) is 6.57 Å². The van der Waals surface area contributed by atoms with Crippen molar-refractivity contribution < 1.29 is 9.59 Å². The Bertz CT molecular complexity index is 1090. The van der Waals surface area contributed by atoms with Crippen LogP contribution in [0.5, 0.6) is 0 Å². The van der Waals surface area contributed by atoms with E-state index < -0.39 is 0 Å². The summed E-state index contributed by atoms with van der Waals surface area (Å²) in [7, 11) is 0. The van der Waals surface area contributed by atoms with Crippen LogP contribution in [0.2, 0.25) is 0 Å². The van der Waals surface area contributed by atoms with Gasteiger partial charge in [0, 0.05) is 36.4 Å². The van der Waals surface area contributed by atoms with Gasteiger partial charge in [-0.3, -0.25) is 9.59 Å². The van der Waals surface area contributed by atoms with Crippen LogP contribution in [-0.2, 0) is 9.59 Å². The Morgan fingerprint density at radius 3 is 2.42 bits per heavy atom. The Kier molecular flexibility index (Phi) is 8.30. The minimum absolute atomic E-state index is 0.0593. The summed E-state index contributed by atoms with van der Waals surface area (Å²) < 4.78 is 0. The van der Waals surface area contributed by atoms with Gasteiger partial charge in [0.25, 0.3) is 0 Å². The molecular weight excluding hydrogens is 448 g/mol. The van der Waals surface area contributed by atoms with Gasteiger partial charge in [-0.15, -0.1) is 0 Å². The van der Waals surface area contributed by atoms with E-state index in [9.17, 15) is 9.59 Å². The Morgan fingerprint density at radius 1 is 1.08 bits per heavy atom. The van der Waals surface area contributed by atoms with Crippen LogP contribution < -0.4 is 15.5 Å². The number of nitrogens with one attached hydrogen (secondary N) is 2. The zero-order valence-corrected chi connectivity index (χ0v) is 21.6. The Morgan fingerprint density at radius 2 is 1.78 bits per heavy atom. The predicted molar refractivity (Wildman–Crippen MR) is 145 cm³/mol. The second kappa shape index (κ2) is 11.6. The van der Waals surface area contributed by atoms with Gasteiger partial charge in [-0.05, 0) is 62.3 Å². The molecule has 2 aliphatic rings. The lowest BCUT2D eigenvalue weighted by Gasteiger charge is -2.37. The Balaban J connectivity index is 1.44. The molecule has 190 valence electrons. The summed E-state index contributed by atoms with van der Waals surface area (Å²) in [5.74, 6) is 0.244. The third-order valence-corrected chi connectivity index (χ3v) is 8.00. The average Bonchev–Trinajstić information content (AvgIpc) is 2.90. The molecule has 6 heteroatoms. The molecule has 2 fully saturated rings. The molecule has 36 heavy (non-hydrogen) atoms. The smallest absolute Gasteiger partial charge is 0.230 e. The molecular formula is C30H38N4O2. The average molecular weight is 487 g/mol. The normalized spacial score (nSPS) is 18.6. The van der Waals surface area contributed by atoms with Crippen LogP contribution in [0.1, 0.15) is 70.3 Å². The number of nitrogens with zero attached hydrogens (tertiary/aromatic N) is 2. The maximum Gasteiger partial charge on any atom is 0.230 e. The van der Waals surface area contributed by atoms with Gasteiger partial charge in [-0.2, -0.15) is 0 Å². The molecule has 2 aromatic carbocycles. The number of hydrogen-bond donors (Lipinski definition) is 2. The predicted octanol–water partition coefficient (Wildman–Crippen LogP) is 6.28. The maximum absolute atomic E-state index is 13.0.